The molecular weight excluding hydrogens is 240 g/mol. The molecule has 108 valence electrons. The van der Waals surface area contributed by atoms with Crippen LogP contribution in [0.2, 0.25) is 0 Å². The molecule has 1 N–H and O–H groups in total. The summed E-state index contributed by atoms with van der Waals surface area (Å²) in [6, 6.07) is 2.07. The minimum atomic E-state index is 0.394. The zero-order chi connectivity index (χ0) is 13.5. The largest absolute Gasteiger partial charge is 0.468 e. The first-order valence-corrected chi connectivity index (χ1v) is 7.43. The summed E-state index contributed by atoms with van der Waals surface area (Å²) >= 11 is 0. The lowest BCUT2D eigenvalue weighted by atomic mass is 10.1. The van der Waals surface area contributed by atoms with E-state index in [1.165, 1.54) is 18.4 Å². The molecule has 1 aliphatic rings. The van der Waals surface area contributed by atoms with Crippen molar-refractivity contribution in [1.29, 1.82) is 0 Å². The van der Waals surface area contributed by atoms with Gasteiger partial charge in [-0.1, -0.05) is 6.92 Å². The predicted octanol–water partition coefficient (Wildman–Crippen LogP) is 2.39. The van der Waals surface area contributed by atoms with Crippen LogP contribution in [0.25, 0.3) is 0 Å². The second-order valence-corrected chi connectivity index (χ2v) is 5.10. The van der Waals surface area contributed by atoms with Crippen LogP contribution < -0.4 is 5.32 Å². The van der Waals surface area contributed by atoms with Gasteiger partial charge in [0.15, 0.2) is 0 Å². The molecule has 0 saturated carbocycles. The van der Waals surface area contributed by atoms with Gasteiger partial charge >= 0.3 is 0 Å². The maximum atomic E-state index is 5.74. The van der Waals surface area contributed by atoms with Gasteiger partial charge in [0.25, 0.3) is 0 Å². The monoisotopic (exact) mass is 266 g/mol. The molecule has 4 heteroatoms. The van der Waals surface area contributed by atoms with E-state index in [1.54, 1.807) is 6.26 Å². The first-order valence-electron chi connectivity index (χ1n) is 7.43. The van der Waals surface area contributed by atoms with Gasteiger partial charge < -0.3 is 14.5 Å². The highest BCUT2D eigenvalue weighted by atomic mass is 16.5. The molecule has 2 rings (SSSR count). The highest BCUT2D eigenvalue weighted by Crippen LogP contribution is 2.18. The van der Waals surface area contributed by atoms with Gasteiger partial charge in [-0.05, 0) is 38.9 Å². The number of hydrogen-bond acceptors (Lipinski definition) is 4. The van der Waals surface area contributed by atoms with Crippen molar-refractivity contribution < 1.29 is 9.15 Å². The Morgan fingerprint density at radius 3 is 3.16 bits per heavy atom. The van der Waals surface area contributed by atoms with Crippen molar-refractivity contribution in [2.75, 3.05) is 26.2 Å². The molecule has 0 radical (unpaired) electrons. The Kier molecular flexibility index (Phi) is 5.89. The summed E-state index contributed by atoms with van der Waals surface area (Å²) in [6.07, 6.45) is 4.60. The third kappa shape index (κ3) is 4.34. The highest BCUT2D eigenvalue weighted by Gasteiger charge is 2.21. The standard InChI is InChI=1S/C15H26N2O2/c1-3-16-10-13-7-9-19-15(13)12-17-8-5-6-14(11-17)18-4-2/h7,9,14,16H,3-6,8,10-12H2,1-2H3. The van der Waals surface area contributed by atoms with E-state index in [2.05, 4.69) is 30.1 Å². The maximum absolute atomic E-state index is 5.74. The van der Waals surface area contributed by atoms with Gasteiger partial charge in [0, 0.05) is 25.3 Å². The SMILES string of the molecule is CCNCc1ccoc1CN1CCCC(OCC)C1. The van der Waals surface area contributed by atoms with Gasteiger partial charge in [0.2, 0.25) is 0 Å². The summed E-state index contributed by atoms with van der Waals surface area (Å²) in [5, 5.41) is 3.35. The van der Waals surface area contributed by atoms with Crippen molar-refractivity contribution in [3.8, 4) is 0 Å². The summed E-state index contributed by atoms with van der Waals surface area (Å²) in [5.74, 6) is 1.10. The third-order valence-corrected chi connectivity index (χ3v) is 3.63. The molecule has 0 bridgehead atoms. The van der Waals surface area contributed by atoms with Crippen molar-refractivity contribution in [2.24, 2.45) is 0 Å². The molecule has 0 aromatic carbocycles. The van der Waals surface area contributed by atoms with Crippen LogP contribution in [0.15, 0.2) is 16.7 Å². The Morgan fingerprint density at radius 1 is 1.47 bits per heavy atom. The minimum absolute atomic E-state index is 0.394. The Bertz CT molecular complexity index is 363. The van der Waals surface area contributed by atoms with E-state index >= 15 is 0 Å². The molecule has 1 unspecified atom stereocenters. The number of ether oxygens (including phenoxy) is 1. The highest BCUT2D eigenvalue weighted by molar-refractivity contribution is 5.16. The molecule has 1 aromatic heterocycles. The first-order chi connectivity index (χ1) is 9.33. The average Bonchev–Trinajstić information content (AvgIpc) is 2.84. The van der Waals surface area contributed by atoms with Crippen molar-refractivity contribution >= 4 is 0 Å². The number of piperidine rings is 1. The van der Waals surface area contributed by atoms with E-state index in [4.69, 9.17) is 9.15 Å². The predicted molar refractivity (Wildman–Crippen MR) is 76.0 cm³/mol. The normalized spacial score (nSPS) is 20.8. The number of nitrogens with one attached hydrogen (secondary N) is 1. The summed E-state index contributed by atoms with van der Waals surface area (Å²) < 4.78 is 11.4. The van der Waals surface area contributed by atoms with E-state index in [0.717, 1.165) is 45.1 Å². The Morgan fingerprint density at radius 2 is 2.37 bits per heavy atom. The number of furan rings is 1. The van der Waals surface area contributed by atoms with Crippen LogP contribution in [0.5, 0.6) is 0 Å². The molecule has 1 fully saturated rings. The van der Waals surface area contributed by atoms with Crippen LogP contribution in [0.4, 0.5) is 0 Å². The number of nitrogens with zero attached hydrogens (tertiary/aromatic N) is 1. The van der Waals surface area contributed by atoms with Crippen LogP contribution in [0.1, 0.15) is 38.0 Å². The lowest BCUT2D eigenvalue weighted by molar-refractivity contribution is 0.00191. The molecular formula is C15H26N2O2. The zero-order valence-electron chi connectivity index (χ0n) is 12.2. The minimum Gasteiger partial charge on any atom is -0.468 e. The van der Waals surface area contributed by atoms with Crippen molar-refractivity contribution in [2.45, 2.75) is 45.9 Å². The lowest BCUT2D eigenvalue weighted by Gasteiger charge is -2.32. The Balaban J connectivity index is 1.87. The molecule has 2 heterocycles. The number of likely N-dealkylation sites (tertiary alicyclic amines) is 1. The second-order valence-electron chi connectivity index (χ2n) is 5.10. The van der Waals surface area contributed by atoms with Gasteiger partial charge in [0.1, 0.15) is 5.76 Å². The summed E-state index contributed by atoms with van der Waals surface area (Å²) in [5.41, 5.74) is 1.28. The summed E-state index contributed by atoms with van der Waals surface area (Å²) in [4.78, 5) is 2.44. The van der Waals surface area contributed by atoms with E-state index in [1.807, 2.05) is 0 Å². The molecule has 1 saturated heterocycles. The van der Waals surface area contributed by atoms with Crippen LogP contribution in [0, 0.1) is 0 Å². The molecule has 0 amide bonds. The fourth-order valence-corrected chi connectivity index (χ4v) is 2.65. The summed E-state index contributed by atoms with van der Waals surface area (Å²) in [7, 11) is 0. The van der Waals surface area contributed by atoms with E-state index in [0.29, 0.717) is 6.10 Å². The van der Waals surface area contributed by atoms with Crippen LogP contribution >= 0.6 is 0 Å². The van der Waals surface area contributed by atoms with Crippen LogP contribution in [-0.4, -0.2) is 37.2 Å². The topological polar surface area (TPSA) is 37.6 Å². The smallest absolute Gasteiger partial charge is 0.122 e. The first kappa shape index (κ1) is 14.6. The average molecular weight is 266 g/mol. The lowest BCUT2D eigenvalue weighted by Crippen LogP contribution is -2.39. The van der Waals surface area contributed by atoms with Gasteiger partial charge in [-0.25, -0.2) is 0 Å². The Labute approximate surface area is 116 Å². The molecule has 1 aliphatic heterocycles. The molecule has 4 nitrogen and oxygen atoms in total. The fraction of sp³-hybridized carbons (Fsp3) is 0.733. The van der Waals surface area contributed by atoms with Crippen molar-refractivity contribution in [1.82, 2.24) is 10.2 Å². The van der Waals surface area contributed by atoms with E-state index in [-0.39, 0.29) is 0 Å². The number of hydrogen-bond donors (Lipinski definition) is 1. The molecule has 19 heavy (non-hydrogen) atoms. The quantitative estimate of drug-likeness (QED) is 0.822. The number of rotatable bonds is 7. The van der Waals surface area contributed by atoms with Gasteiger partial charge in [0.05, 0.1) is 18.9 Å². The van der Waals surface area contributed by atoms with Crippen LogP contribution in [-0.2, 0) is 17.8 Å². The van der Waals surface area contributed by atoms with Gasteiger partial charge in [-0.2, -0.15) is 0 Å². The van der Waals surface area contributed by atoms with Crippen LogP contribution in [0.3, 0.4) is 0 Å². The maximum Gasteiger partial charge on any atom is 0.122 e. The van der Waals surface area contributed by atoms with Gasteiger partial charge in [-0.3, -0.25) is 4.90 Å². The van der Waals surface area contributed by atoms with E-state index in [9.17, 15) is 0 Å². The molecule has 1 atom stereocenters. The molecule has 1 aromatic rings. The van der Waals surface area contributed by atoms with Gasteiger partial charge in [-0.15, -0.1) is 0 Å². The van der Waals surface area contributed by atoms with E-state index < -0.39 is 0 Å². The van der Waals surface area contributed by atoms with Crippen molar-refractivity contribution in [3.05, 3.63) is 23.7 Å². The Hall–Kier alpha value is -0.840. The summed E-state index contributed by atoms with van der Waals surface area (Å²) in [6.45, 7) is 9.95. The van der Waals surface area contributed by atoms with Crippen molar-refractivity contribution in [3.63, 3.8) is 0 Å². The molecule has 0 aliphatic carbocycles. The third-order valence-electron chi connectivity index (χ3n) is 3.63. The second kappa shape index (κ2) is 7.68. The fourth-order valence-electron chi connectivity index (χ4n) is 2.65. The molecule has 0 spiro atoms. The zero-order valence-corrected chi connectivity index (χ0v) is 12.2.